The number of piperidine rings is 2. The van der Waals surface area contributed by atoms with Gasteiger partial charge in [0.2, 0.25) is 5.91 Å². The van der Waals surface area contributed by atoms with Gasteiger partial charge in [0, 0.05) is 26.1 Å². The summed E-state index contributed by atoms with van der Waals surface area (Å²) in [6.45, 7) is 6.79. The van der Waals surface area contributed by atoms with Crippen LogP contribution in [0.4, 0.5) is 0 Å². The van der Waals surface area contributed by atoms with E-state index in [1.807, 2.05) is 4.90 Å². The number of likely N-dealkylation sites (tertiary alicyclic amines) is 1. The fourth-order valence-corrected chi connectivity index (χ4v) is 3.06. The average Bonchev–Trinajstić information content (AvgIpc) is 2.46. The zero-order chi connectivity index (χ0) is 13.5. The maximum atomic E-state index is 12.3. The number of nitrogens with zero attached hydrogens (tertiary/aromatic N) is 1. The topological polar surface area (TPSA) is 41.6 Å². The highest BCUT2D eigenvalue weighted by atomic mass is 16.5. The Morgan fingerprint density at radius 3 is 3.00 bits per heavy atom. The van der Waals surface area contributed by atoms with E-state index in [2.05, 4.69) is 12.2 Å². The van der Waals surface area contributed by atoms with Gasteiger partial charge in [-0.25, -0.2) is 0 Å². The van der Waals surface area contributed by atoms with Crippen molar-refractivity contribution in [3.05, 3.63) is 0 Å². The molecule has 0 radical (unpaired) electrons. The lowest BCUT2D eigenvalue weighted by atomic mass is 9.95. The smallest absolute Gasteiger partial charge is 0.222 e. The first-order chi connectivity index (χ1) is 9.29. The number of amides is 1. The zero-order valence-electron chi connectivity index (χ0n) is 12.2. The second-order valence-electron chi connectivity index (χ2n) is 5.89. The molecule has 2 aliphatic heterocycles. The molecule has 1 N–H and O–H groups in total. The second-order valence-corrected chi connectivity index (χ2v) is 5.89. The molecule has 2 unspecified atom stereocenters. The number of hydrogen-bond donors (Lipinski definition) is 1. The summed E-state index contributed by atoms with van der Waals surface area (Å²) in [5, 5.41) is 3.38. The Labute approximate surface area is 116 Å². The maximum Gasteiger partial charge on any atom is 0.222 e. The van der Waals surface area contributed by atoms with Crippen molar-refractivity contribution in [2.45, 2.75) is 51.6 Å². The van der Waals surface area contributed by atoms with Crippen molar-refractivity contribution in [1.82, 2.24) is 10.2 Å². The molecular formula is C15H28N2O2. The van der Waals surface area contributed by atoms with E-state index in [1.54, 1.807) is 0 Å². The van der Waals surface area contributed by atoms with Gasteiger partial charge in [-0.2, -0.15) is 0 Å². The van der Waals surface area contributed by atoms with Crippen LogP contribution in [-0.4, -0.2) is 49.7 Å². The first-order valence-electron chi connectivity index (χ1n) is 7.89. The molecule has 2 atom stereocenters. The summed E-state index contributed by atoms with van der Waals surface area (Å²) in [6.07, 6.45) is 6.63. The second kappa shape index (κ2) is 7.85. The number of nitrogens with one attached hydrogen (secondary N) is 1. The Bertz CT molecular complexity index is 277. The monoisotopic (exact) mass is 268 g/mol. The van der Waals surface area contributed by atoms with Crippen LogP contribution in [0.5, 0.6) is 0 Å². The summed E-state index contributed by atoms with van der Waals surface area (Å²) in [7, 11) is 0. The average molecular weight is 268 g/mol. The third-order valence-corrected chi connectivity index (χ3v) is 4.15. The van der Waals surface area contributed by atoms with E-state index >= 15 is 0 Å². The van der Waals surface area contributed by atoms with Crippen molar-refractivity contribution in [2.24, 2.45) is 5.92 Å². The molecule has 0 bridgehead atoms. The summed E-state index contributed by atoms with van der Waals surface area (Å²) in [5.74, 6) is 0.872. The van der Waals surface area contributed by atoms with Crippen LogP contribution in [0.15, 0.2) is 0 Å². The standard InChI is InChI=1S/C15H28N2O2/c1-2-9-19-14-6-4-8-17(12-14)15(18)10-13-5-3-7-16-11-13/h13-14,16H,2-12H2,1H3. The molecule has 19 heavy (non-hydrogen) atoms. The Morgan fingerprint density at radius 1 is 1.37 bits per heavy atom. The van der Waals surface area contributed by atoms with Crippen LogP contribution in [0, 0.1) is 5.92 Å². The number of carbonyl (C=O) groups excluding carboxylic acids is 1. The number of carbonyl (C=O) groups is 1. The van der Waals surface area contributed by atoms with Crippen LogP contribution in [0.3, 0.4) is 0 Å². The molecule has 0 aliphatic carbocycles. The molecule has 2 heterocycles. The first-order valence-corrected chi connectivity index (χ1v) is 7.89. The first kappa shape index (κ1) is 14.8. The van der Waals surface area contributed by atoms with Crippen LogP contribution in [-0.2, 0) is 9.53 Å². The summed E-state index contributed by atoms with van der Waals surface area (Å²) >= 11 is 0. The summed E-state index contributed by atoms with van der Waals surface area (Å²) in [4.78, 5) is 14.4. The largest absolute Gasteiger partial charge is 0.376 e. The van der Waals surface area contributed by atoms with E-state index in [4.69, 9.17) is 4.74 Å². The van der Waals surface area contributed by atoms with E-state index in [0.717, 1.165) is 52.0 Å². The molecule has 4 nitrogen and oxygen atoms in total. The van der Waals surface area contributed by atoms with Gasteiger partial charge >= 0.3 is 0 Å². The molecule has 2 saturated heterocycles. The van der Waals surface area contributed by atoms with Gasteiger partial charge in [0.15, 0.2) is 0 Å². The van der Waals surface area contributed by atoms with Crippen LogP contribution >= 0.6 is 0 Å². The van der Waals surface area contributed by atoms with Crippen LogP contribution in [0.25, 0.3) is 0 Å². The normalized spacial score (nSPS) is 28.4. The molecule has 1 amide bonds. The van der Waals surface area contributed by atoms with Gasteiger partial charge < -0.3 is 15.0 Å². The van der Waals surface area contributed by atoms with E-state index in [9.17, 15) is 4.79 Å². The lowest BCUT2D eigenvalue weighted by Crippen LogP contribution is -2.44. The van der Waals surface area contributed by atoms with Crippen LogP contribution in [0.2, 0.25) is 0 Å². The van der Waals surface area contributed by atoms with Crippen molar-refractivity contribution in [1.29, 1.82) is 0 Å². The molecular weight excluding hydrogens is 240 g/mol. The Balaban J connectivity index is 1.74. The number of ether oxygens (including phenoxy) is 1. The van der Waals surface area contributed by atoms with Gasteiger partial charge in [-0.1, -0.05) is 6.92 Å². The fraction of sp³-hybridized carbons (Fsp3) is 0.933. The summed E-state index contributed by atoms with van der Waals surface area (Å²) < 4.78 is 5.80. The zero-order valence-corrected chi connectivity index (χ0v) is 12.2. The Hall–Kier alpha value is -0.610. The van der Waals surface area contributed by atoms with Crippen molar-refractivity contribution in [2.75, 3.05) is 32.8 Å². The van der Waals surface area contributed by atoms with Crippen molar-refractivity contribution < 1.29 is 9.53 Å². The molecule has 0 aromatic rings. The van der Waals surface area contributed by atoms with Crippen LogP contribution in [0.1, 0.15) is 45.4 Å². The SMILES string of the molecule is CCCOC1CCCN(C(=O)CC2CCCNC2)C1. The highest BCUT2D eigenvalue weighted by Gasteiger charge is 2.26. The molecule has 2 rings (SSSR count). The lowest BCUT2D eigenvalue weighted by Gasteiger charge is -2.34. The highest BCUT2D eigenvalue weighted by Crippen LogP contribution is 2.19. The van der Waals surface area contributed by atoms with E-state index in [1.165, 1.54) is 12.8 Å². The predicted octanol–water partition coefficient (Wildman–Crippen LogP) is 1.79. The molecule has 0 aromatic carbocycles. The number of hydrogen-bond acceptors (Lipinski definition) is 3. The third kappa shape index (κ3) is 4.77. The number of rotatable bonds is 5. The molecule has 110 valence electrons. The molecule has 0 aromatic heterocycles. The molecule has 0 spiro atoms. The van der Waals surface area contributed by atoms with Crippen molar-refractivity contribution in [3.8, 4) is 0 Å². The minimum Gasteiger partial charge on any atom is -0.376 e. The van der Waals surface area contributed by atoms with Gasteiger partial charge in [0.05, 0.1) is 6.10 Å². The van der Waals surface area contributed by atoms with Gasteiger partial charge in [0.25, 0.3) is 0 Å². The van der Waals surface area contributed by atoms with Crippen molar-refractivity contribution in [3.63, 3.8) is 0 Å². The van der Waals surface area contributed by atoms with Gasteiger partial charge in [-0.05, 0) is 51.1 Å². The Morgan fingerprint density at radius 2 is 2.26 bits per heavy atom. The molecule has 4 heteroatoms. The minimum atomic E-state index is 0.266. The van der Waals surface area contributed by atoms with E-state index in [-0.39, 0.29) is 6.10 Å². The van der Waals surface area contributed by atoms with E-state index < -0.39 is 0 Å². The third-order valence-electron chi connectivity index (χ3n) is 4.15. The fourth-order valence-electron chi connectivity index (χ4n) is 3.06. The highest BCUT2D eigenvalue weighted by molar-refractivity contribution is 5.76. The summed E-state index contributed by atoms with van der Waals surface area (Å²) in [6, 6.07) is 0. The van der Waals surface area contributed by atoms with Gasteiger partial charge in [-0.3, -0.25) is 4.79 Å². The van der Waals surface area contributed by atoms with E-state index in [0.29, 0.717) is 18.2 Å². The predicted molar refractivity (Wildman–Crippen MR) is 76.1 cm³/mol. The minimum absolute atomic E-state index is 0.266. The lowest BCUT2D eigenvalue weighted by molar-refractivity contribution is -0.136. The summed E-state index contributed by atoms with van der Waals surface area (Å²) in [5.41, 5.74) is 0. The molecule has 2 fully saturated rings. The van der Waals surface area contributed by atoms with Gasteiger partial charge in [-0.15, -0.1) is 0 Å². The van der Waals surface area contributed by atoms with Crippen LogP contribution < -0.4 is 5.32 Å². The quantitative estimate of drug-likeness (QED) is 0.826. The molecule has 0 saturated carbocycles. The Kier molecular flexibility index (Phi) is 6.11. The molecule has 2 aliphatic rings. The van der Waals surface area contributed by atoms with Gasteiger partial charge in [0.1, 0.15) is 0 Å². The maximum absolute atomic E-state index is 12.3. The van der Waals surface area contributed by atoms with Crippen molar-refractivity contribution >= 4 is 5.91 Å².